The molecule has 2 aliphatic rings. The van der Waals surface area contributed by atoms with Crippen LogP contribution in [0.5, 0.6) is 5.75 Å². The minimum absolute atomic E-state index is 0.0808. The summed E-state index contributed by atoms with van der Waals surface area (Å²) in [7, 11) is 1.60. The van der Waals surface area contributed by atoms with Crippen LogP contribution in [0.4, 0.5) is 0 Å². The molecule has 0 aliphatic heterocycles. The SMILES string of the molecule is CCOC(=O)CSc1nnc2n(-c3ccccc3OC)c(=O)c3c(n12)-c1ccccc1CC31CCCCC1. The van der Waals surface area contributed by atoms with Crippen LogP contribution >= 0.6 is 11.8 Å². The van der Waals surface area contributed by atoms with Crippen molar-refractivity contribution in [3.63, 3.8) is 0 Å². The number of carbonyl (C=O) groups is 1. The summed E-state index contributed by atoms with van der Waals surface area (Å²) >= 11 is 1.28. The molecule has 2 aromatic heterocycles. The molecule has 0 bridgehead atoms. The second-order valence-corrected chi connectivity index (χ2v) is 10.9. The molecule has 2 heterocycles. The third-order valence-corrected chi connectivity index (χ3v) is 8.69. The van der Waals surface area contributed by atoms with Crippen LogP contribution in [0, 0.1) is 0 Å². The molecule has 9 heteroatoms. The van der Waals surface area contributed by atoms with Crippen molar-refractivity contribution in [1.82, 2.24) is 19.2 Å². The van der Waals surface area contributed by atoms with Crippen molar-refractivity contribution in [2.45, 2.75) is 56.0 Å². The minimum Gasteiger partial charge on any atom is -0.495 e. The van der Waals surface area contributed by atoms with Crippen molar-refractivity contribution < 1.29 is 14.3 Å². The van der Waals surface area contributed by atoms with Gasteiger partial charge in [-0.25, -0.2) is 4.57 Å². The van der Waals surface area contributed by atoms with E-state index in [4.69, 9.17) is 9.47 Å². The highest BCUT2D eigenvalue weighted by molar-refractivity contribution is 7.99. The number of rotatable bonds is 6. The van der Waals surface area contributed by atoms with Gasteiger partial charge in [-0.05, 0) is 43.9 Å². The molecular formula is C29H30N4O4S. The van der Waals surface area contributed by atoms with Crippen molar-refractivity contribution in [2.24, 2.45) is 0 Å². The van der Waals surface area contributed by atoms with Gasteiger partial charge in [0.2, 0.25) is 5.78 Å². The van der Waals surface area contributed by atoms with Gasteiger partial charge in [0.05, 0.1) is 30.9 Å². The van der Waals surface area contributed by atoms with E-state index in [1.807, 2.05) is 34.7 Å². The van der Waals surface area contributed by atoms with E-state index < -0.39 is 0 Å². The number of esters is 1. The maximum absolute atomic E-state index is 14.7. The summed E-state index contributed by atoms with van der Waals surface area (Å²) in [5.41, 5.74) is 4.17. The van der Waals surface area contributed by atoms with Gasteiger partial charge in [0.25, 0.3) is 5.56 Å². The molecule has 2 aliphatic carbocycles. The standard InChI is InChI=1S/C29H30N4O4S/c1-3-37-23(34)18-38-28-31-30-27-32(21-13-7-8-14-22(21)36-2)26(35)24-25(33(27)28)20-12-6-5-11-19(20)17-29(24)15-9-4-10-16-29/h5-8,11-14H,3-4,9-10,15-18H2,1-2H3. The lowest BCUT2D eigenvalue weighted by molar-refractivity contribution is -0.139. The number of nitrogens with zero attached hydrogens (tertiary/aromatic N) is 4. The number of hydrogen-bond donors (Lipinski definition) is 0. The molecule has 6 rings (SSSR count). The summed E-state index contributed by atoms with van der Waals surface area (Å²) in [4.78, 5) is 26.9. The lowest BCUT2D eigenvalue weighted by Gasteiger charge is -2.42. The van der Waals surface area contributed by atoms with Crippen LogP contribution < -0.4 is 10.3 Å². The Balaban J connectivity index is 1.71. The van der Waals surface area contributed by atoms with Crippen LogP contribution in [0.3, 0.4) is 0 Å². The van der Waals surface area contributed by atoms with Crippen LogP contribution in [-0.4, -0.2) is 44.6 Å². The summed E-state index contributed by atoms with van der Waals surface area (Å²) in [6, 6.07) is 15.8. The van der Waals surface area contributed by atoms with Crippen molar-refractivity contribution in [3.8, 4) is 22.7 Å². The van der Waals surface area contributed by atoms with Gasteiger partial charge in [-0.15, -0.1) is 10.2 Å². The maximum Gasteiger partial charge on any atom is 0.316 e. The van der Waals surface area contributed by atoms with E-state index in [0.717, 1.165) is 48.9 Å². The topological polar surface area (TPSA) is 87.7 Å². The summed E-state index contributed by atoms with van der Waals surface area (Å²) in [6.07, 6.45) is 6.08. The van der Waals surface area contributed by atoms with Gasteiger partial charge < -0.3 is 9.47 Å². The van der Waals surface area contributed by atoms with Gasteiger partial charge in [-0.2, -0.15) is 0 Å². The largest absolute Gasteiger partial charge is 0.495 e. The highest BCUT2D eigenvalue weighted by Gasteiger charge is 2.44. The molecule has 1 saturated carbocycles. The summed E-state index contributed by atoms with van der Waals surface area (Å²) in [5, 5.41) is 9.56. The Hall–Kier alpha value is -3.59. The number of ether oxygens (including phenoxy) is 2. The van der Waals surface area contributed by atoms with E-state index in [-0.39, 0.29) is 22.7 Å². The molecule has 1 fully saturated rings. The number of para-hydroxylation sites is 2. The van der Waals surface area contributed by atoms with Gasteiger partial charge in [0.1, 0.15) is 5.75 Å². The third-order valence-electron chi connectivity index (χ3n) is 7.79. The molecule has 0 amide bonds. The highest BCUT2D eigenvalue weighted by atomic mass is 32.2. The van der Waals surface area contributed by atoms with Crippen LogP contribution in [0.25, 0.3) is 22.7 Å². The van der Waals surface area contributed by atoms with E-state index in [2.05, 4.69) is 28.4 Å². The van der Waals surface area contributed by atoms with Gasteiger partial charge in [0.15, 0.2) is 5.16 Å². The molecule has 2 aromatic carbocycles. The molecule has 0 N–H and O–H groups in total. The quantitative estimate of drug-likeness (QED) is 0.257. The fraction of sp³-hybridized carbons (Fsp3) is 0.379. The molecule has 0 atom stereocenters. The molecular weight excluding hydrogens is 500 g/mol. The lowest BCUT2D eigenvalue weighted by Crippen LogP contribution is -2.43. The van der Waals surface area contributed by atoms with Crippen LogP contribution in [0.1, 0.15) is 50.2 Å². The lowest BCUT2D eigenvalue weighted by atomic mass is 9.62. The summed E-state index contributed by atoms with van der Waals surface area (Å²) in [6.45, 7) is 2.11. The zero-order valence-corrected chi connectivity index (χ0v) is 22.4. The first-order chi connectivity index (χ1) is 18.6. The Labute approximate surface area is 225 Å². The second kappa shape index (κ2) is 9.94. The number of methoxy groups -OCH3 is 1. The summed E-state index contributed by atoms with van der Waals surface area (Å²) < 4.78 is 14.5. The van der Waals surface area contributed by atoms with Crippen molar-refractivity contribution in [1.29, 1.82) is 0 Å². The zero-order chi connectivity index (χ0) is 26.3. The average molecular weight is 531 g/mol. The number of carbonyl (C=O) groups excluding carboxylic acids is 1. The predicted molar refractivity (Wildman–Crippen MR) is 146 cm³/mol. The van der Waals surface area contributed by atoms with Gasteiger partial charge >= 0.3 is 5.97 Å². The monoisotopic (exact) mass is 530 g/mol. The molecule has 8 nitrogen and oxygen atoms in total. The molecule has 0 unspecified atom stereocenters. The number of fused-ring (bicyclic) bond motifs is 6. The Morgan fingerprint density at radius 2 is 1.82 bits per heavy atom. The number of hydrogen-bond acceptors (Lipinski definition) is 7. The Morgan fingerprint density at radius 1 is 1.05 bits per heavy atom. The highest BCUT2D eigenvalue weighted by Crippen LogP contribution is 2.49. The predicted octanol–water partition coefficient (Wildman–Crippen LogP) is 4.97. The normalized spacial score (nSPS) is 15.7. The maximum atomic E-state index is 14.7. The fourth-order valence-electron chi connectivity index (χ4n) is 6.22. The minimum atomic E-state index is -0.315. The molecule has 0 radical (unpaired) electrons. The number of benzene rings is 2. The van der Waals surface area contributed by atoms with Crippen LogP contribution in [-0.2, 0) is 21.4 Å². The summed E-state index contributed by atoms with van der Waals surface area (Å²) in [5.74, 6) is 0.760. The first-order valence-electron chi connectivity index (χ1n) is 13.1. The van der Waals surface area contributed by atoms with Crippen molar-refractivity contribution in [2.75, 3.05) is 19.5 Å². The first kappa shape index (κ1) is 24.7. The molecule has 38 heavy (non-hydrogen) atoms. The van der Waals surface area contributed by atoms with Crippen molar-refractivity contribution >= 4 is 23.5 Å². The average Bonchev–Trinajstić information content (AvgIpc) is 3.36. The zero-order valence-electron chi connectivity index (χ0n) is 21.6. The third kappa shape index (κ3) is 3.91. The number of thioether (sulfide) groups is 1. The van der Waals surface area contributed by atoms with Gasteiger partial charge in [0, 0.05) is 16.5 Å². The van der Waals surface area contributed by atoms with Crippen LogP contribution in [0.15, 0.2) is 58.5 Å². The second-order valence-electron chi connectivity index (χ2n) is 9.92. The number of aromatic nitrogens is 4. The van der Waals surface area contributed by atoms with Crippen molar-refractivity contribution in [3.05, 3.63) is 70.0 Å². The fourth-order valence-corrected chi connectivity index (χ4v) is 6.95. The first-order valence-corrected chi connectivity index (χ1v) is 14.1. The molecule has 1 spiro atoms. The van der Waals surface area contributed by atoms with E-state index >= 15 is 0 Å². The van der Waals surface area contributed by atoms with E-state index in [1.165, 1.54) is 23.7 Å². The van der Waals surface area contributed by atoms with Gasteiger partial charge in [-0.1, -0.05) is 67.4 Å². The molecule has 0 saturated heterocycles. The van der Waals surface area contributed by atoms with E-state index in [9.17, 15) is 9.59 Å². The Bertz CT molecular complexity index is 1590. The van der Waals surface area contributed by atoms with Gasteiger partial charge in [-0.3, -0.25) is 14.0 Å². The van der Waals surface area contributed by atoms with E-state index in [0.29, 0.717) is 29.0 Å². The Kier molecular flexibility index (Phi) is 6.47. The molecule has 4 aromatic rings. The Morgan fingerprint density at radius 3 is 2.61 bits per heavy atom. The van der Waals surface area contributed by atoms with Crippen LogP contribution in [0.2, 0.25) is 0 Å². The van der Waals surface area contributed by atoms with E-state index in [1.54, 1.807) is 18.6 Å². The smallest absolute Gasteiger partial charge is 0.316 e. The molecule has 196 valence electrons.